The Morgan fingerprint density at radius 2 is 2.06 bits per heavy atom. The summed E-state index contributed by atoms with van der Waals surface area (Å²) in [5.74, 6) is 0.947. The van der Waals surface area contributed by atoms with Crippen LogP contribution in [0.1, 0.15) is 38.8 Å². The van der Waals surface area contributed by atoms with Gasteiger partial charge in [0.2, 0.25) is 0 Å². The lowest BCUT2D eigenvalue weighted by atomic mass is 10.1. The van der Waals surface area contributed by atoms with Crippen molar-refractivity contribution in [3.8, 4) is 5.75 Å². The van der Waals surface area contributed by atoms with Gasteiger partial charge in [0.05, 0.1) is 12.7 Å². The van der Waals surface area contributed by atoms with Gasteiger partial charge < -0.3 is 14.8 Å². The Bertz CT molecular complexity index is 341. The summed E-state index contributed by atoms with van der Waals surface area (Å²) >= 11 is 0. The van der Waals surface area contributed by atoms with E-state index in [0.29, 0.717) is 6.04 Å². The minimum atomic E-state index is 0.261. The molecule has 3 nitrogen and oxygen atoms in total. The molecule has 0 aliphatic heterocycles. The van der Waals surface area contributed by atoms with E-state index in [1.54, 1.807) is 7.11 Å². The first-order valence-electron chi connectivity index (χ1n) is 6.66. The van der Waals surface area contributed by atoms with Gasteiger partial charge in [0, 0.05) is 19.7 Å². The Kier molecular flexibility index (Phi) is 6.76. The first kappa shape index (κ1) is 15.0. The average molecular weight is 251 g/mol. The molecule has 1 aromatic rings. The fraction of sp³-hybridized carbons (Fsp3) is 0.600. The van der Waals surface area contributed by atoms with Crippen LogP contribution in [0.5, 0.6) is 5.75 Å². The van der Waals surface area contributed by atoms with Crippen LogP contribution in [-0.2, 0) is 4.74 Å². The quantitative estimate of drug-likeness (QED) is 0.720. The predicted octanol–water partition coefficient (Wildman–Crippen LogP) is 3.16. The smallest absolute Gasteiger partial charge is 0.120 e. The second kappa shape index (κ2) is 8.11. The molecule has 0 saturated heterocycles. The maximum absolute atomic E-state index is 5.83. The number of ether oxygens (including phenoxy) is 2. The summed E-state index contributed by atoms with van der Waals surface area (Å²) < 4.78 is 10.9. The highest BCUT2D eigenvalue weighted by Gasteiger charge is 2.07. The number of hydrogen-bond donors (Lipinski definition) is 1. The molecule has 1 aromatic carbocycles. The van der Waals surface area contributed by atoms with Crippen molar-refractivity contribution in [3.05, 3.63) is 29.8 Å². The van der Waals surface area contributed by atoms with Crippen LogP contribution in [0.25, 0.3) is 0 Å². The standard InChI is InChI=1S/C15H25NO2/c1-5-12(2)18-15-8-6-7-14(11-15)13(3)16-9-10-17-4/h6-8,11-13,16H,5,9-10H2,1-4H3. The molecule has 0 aromatic heterocycles. The van der Waals surface area contributed by atoms with Crippen LogP contribution in [0.4, 0.5) is 0 Å². The first-order chi connectivity index (χ1) is 8.67. The van der Waals surface area contributed by atoms with E-state index in [0.717, 1.165) is 25.3 Å². The van der Waals surface area contributed by atoms with E-state index in [1.165, 1.54) is 5.56 Å². The zero-order chi connectivity index (χ0) is 13.4. The van der Waals surface area contributed by atoms with Gasteiger partial charge >= 0.3 is 0 Å². The summed E-state index contributed by atoms with van der Waals surface area (Å²) in [6.45, 7) is 7.95. The topological polar surface area (TPSA) is 30.5 Å². The van der Waals surface area contributed by atoms with Crippen molar-refractivity contribution in [2.24, 2.45) is 0 Å². The summed E-state index contributed by atoms with van der Waals surface area (Å²) in [6, 6.07) is 8.59. The minimum Gasteiger partial charge on any atom is -0.491 e. The molecule has 18 heavy (non-hydrogen) atoms. The Morgan fingerprint density at radius 1 is 1.28 bits per heavy atom. The lowest BCUT2D eigenvalue weighted by Crippen LogP contribution is -2.22. The lowest BCUT2D eigenvalue weighted by molar-refractivity contribution is 0.196. The van der Waals surface area contributed by atoms with Gasteiger partial charge in [-0.25, -0.2) is 0 Å². The van der Waals surface area contributed by atoms with E-state index in [1.807, 2.05) is 12.1 Å². The Hall–Kier alpha value is -1.06. The second-order valence-electron chi connectivity index (χ2n) is 4.58. The molecule has 1 N–H and O–H groups in total. The van der Waals surface area contributed by atoms with E-state index < -0.39 is 0 Å². The molecule has 1 rings (SSSR count). The molecule has 0 fully saturated rings. The number of methoxy groups -OCH3 is 1. The van der Waals surface area contributed by atoms with E-state index in [2.05, 4.69) is 38.2 Å². The lowest BCUT2D eigenvalue weighted by Gasteiger charge is -2.17. The molecule has 0 heterocycles. The average Bonchev–Trinajstić information content (AvgIpc) is 2.39. The molecule has 0 spiro atoms. The van der Waals surface area contributed by atoms with Gasteiger partial charge in [-0.05, 0) is 38.0 Å². The molecule has 0 bridgehead atoms. The summed E-state index contributed by atoms with van der Waals surface area (Å²) in [6.07, 6.45) is 1.28. The molecular weight excluding hydrogens is 226 g/mol. The summed E-state index contributed by atoms with van der Waals surface area (Å²) in [7, 11) is 1.72. The first-order valence-corrected chi connectivity index (χ1v) is 6.66. The van der Waals surface area contributed by atoms with Crippen molar-refractivity contribution < 1.29 is 9.47 Å². The van der Waals surface area contributed by atoms with Crippen molar-refractivity contribution in [3.63, 3.8) is 0 Å². The van der Waals surface area contributed by atoms with Crippen molar-refractivity contribution in [1.82, 2.24) is 5.32 Å². The molecule has 3 heteroatoms. The normalized spacial score (nSPS) is 14.2. The van der Waals surface area contributed by atoms with Crippen LogP contribution in [0.2, 0.25) is 0 Å². The Labute approximate surface area is 110 Å². The van der Waals surface area contributed by atoms with E-state index >= 15 is 0 Å². The van der Waals surface area contributed by atoms with Crippen molar-refractivity contribution in [2.45, 2.75) is 39.3 Å². The van der Waals surface area contributed by atoms with Crippen molar-refractivity contribution >= 4 is 0 Å². The summed E-state index contributed by atoms with van der Waals surface area (Å²) in [4.78, 5) is 0. The fourth-order valence-electron chi connectivity index (χ4n) is 1.67. The number of rotatable bonds is 8. The maximum atomic E-state index is 5.83. The SMILES string of the molecule is CCC(C)Oc1cccc(C(C)NCCOC)c1. The predicted molar refractivity (Wildman–Crippen MR) is 75.1 cm³/mol. The molecule has 0 amide bonds. The minimum absolute atomic E-state index is 0.261. The Balaban J connectivity index is 2.57. The Morgan fingerprint density at radius 3 is 2.72 bits per heavy atom. The van der Waals surface area contributed by atoms with Gasteiger partial charge in [-0.3, -0.25) is 0 Å². The monoisotopic (exact) mass is 251 g/mol. The van der Waals surface area contributed by atoms with Gasteiger partial charge in [-0.2, -0.15) is 0 Å². The third-order valence-electron chi connectivity index (χ3n) is 3.03. The number of hydrogen-bond acceptors (Lipinski definition) is 3. The van der Waals surface area contributed by atoms with Gasteiger partial charge in [0.25, 0.3) is 0 Å². The van der Waals surface area contributed by atoms with Crippen LogP contribution in [0.15, 0.2) is 24.3 Å². The molecule has 0 aliphatic carbocycles. The van der Waals surface area contributed by atoms with Crippen LogP contribution in [-0.4, -0.2) is 26.4 Å². The maximum Gasteiger partial charge on any atom is 0.120 e. The summed E-state index contributed by atoms with van der Waals surface area (Å²) in [5, 5.41) is 3.41. The highest BCUT2D eigenvalue weighted by Crippen LogP contribution is 2.20. The summed E-state index contributed by atoms with van der Waals surface area (Å²) in [5.41, 5.74) is 1.24. The molecule has 0 saturated carbocycles. The van der Waals surface area contributed by atoms with E-state index in [-0.39, 0.29) is 6.10 Å². The molecule has 2 unspecified atom stereocenters. The third kappa shape index (κ3) is 5.07. The second-order valence-corrected chi connectivity index (χ2v) is 4.58. The number of benzene rings is 1. The molecule has 102 valence electrons. The highest BCUT2D eigenvalue weighted by atomic mass is 16.5. The van der Waals surface area contributed by atoms with Crippen LogP contribution in [0.3, 0.4) is 0 Å². The van der Waals surface area contributed by atoms with E-state index in [4.69, 9.17) is 9.47 Å². The molecule has 2 atom stereocenters. The highest BCUT2D eigenvalue weighted by molar-refractivity contribution is 5.30. The zero-order valence-corrected chi connectivity index (χ0v) is 11.9. The van der Waals surface area contributed by atoms with Gasteiger partial charge in [-0.1, -0.05) is 19.1 Å². The van der Waals surface area contributed by atoms with Crippen molar-refractivity contribution in [2.75, 3.05) is 20.3 Å². The van der Waals surface area contributed by atoms with Gasteiger partial charge in [0.15, 0.2) is 0 Å². The zero-order valence-electron chi connectivity index (χ0n) is 11.9. The van der Waals surface area contributed by atoms with E-state index in [9.17, 15) is 0 Å². The number of nitrogens with one attached hydrogen (secondary N) is 1. The molecular formula is C15H25NO2. The van der Waals surface area contributed by atoms with Crippen LogP contribution < -0.4 is 10.1 Å². The largest absolute Gasteiger partial charge is 0.491 e. The fourth-order valence-corrected chi connectivity index (χ4v) is 1.67. The third-order valence-corrected chi connectivity index (χ3v) is 3.03. The van der Waals surface area contributed by atoms with Crippen LogP contribution in [0, 0.1) is 0 Å². The van der Waals surface area contributed by atoms with Crippen molar-refractivity contribution in [1.29, 1.82) is 0 Å². The molecule has 0 radical (unpaired) electrons. The van der Waals surface area contributed by atoms with Gasteiger partial charge in [0.1, 0.15) is 5.75 Å². The van der Waals surface area contributed by atoms with Crippen LogP contribution >= 0.6 is 0 Å². The van der Waals surface area contributed by atoms with Gasteiger partial charge in [-0.15, -0.1) is 0 Å². The molecule has 0 aliphatic rings.